The van der Waals surface area contributed by atoms with Gasteiger partial charge in [-0.05, 0) is 184 Å². The molecule has 1 saturated carbocycles. The molecule has 3 aromatic rings. The van der Waals surface area contributed by atoms with E-state index in [9.17, 15) is 58.8 Å². The van der Waals surface area contributed by atoms with Gasteiger partial charge in [0.1, 0.15) is 32.0 Å². The number of carboxylic acids is 1. The topological polar surface area (TPSA) is 542 Å². The maximum atomic E-state index is 15.4. The number of anilines is 1. The number of aliphatic hydroxyl groups is 8. The molecule has 4 fully saturated rings. The van der Waals surface area contributed by atoms with Gasteiger partial charge in [-0.2, -0.15) is 9.59 Å². The number of carbonyl (C=O) groups is 9. The number of carboxylic acid groups (broad SMARTS) is 1. The quantitative estimate of drug-likeness (QED) is 0.00687. The number of aliphatic hydroxyl groups excluding tert-OH is 6. The number of benzene rings is 2. The zero-order valence-electron chi connectivity index (χ0n) is 85.9. The van der Waals surface area contributed by atoms with Crippen molar-refractivity contribution in [2.45, 2.75) is 318 Å². The standard InChI is InChI=1S/C61H85N5O12.C21H40N2O7S2.C11H20O7.C7H16O4.CO2/c1-8-41(34-67)78-50(75-7)35-77-49(69)20-13-19-48(68)62-38(5)53(71)76-27-14-16-40-33-66-47-28-37(4)44(29-45(47)60-23-26-65-24-15-22-59(10-3,54(60)65)56(72)61(74,52(40)70)55(60)66)57(6)30-39-31-58(73,9-2)36-64(32-39)25-21-43-42-17-11-12-18-46(42)63-51(43)57;1-6-16(14-24)30-20(28-4)15-29-19(27)9-8-17(25)22-12-7-13-23-18(26)10-11-21(2,3)32-31-5;1-3-8(6-12)18-11(16-2)7-17-10(15)5-4-9(13)14;1-3-6(4-8)11-7(5-9)10-2;2-1-3/h11-12,15,17-18,22,28-29,38-41,50,54-56,63,67,72-74H,8-10,13-14,16,19-21,23-27,30-36H2,1-7H3,(H,62,68);16,20,24H,6-15H2,1-5H3,(H,22,25)(H,23,26);8,11-12H,3-7H2,1-2H3,(H,13,14);6-9H,3-5H2,1-2H3;/t38?,39?,40?,41?,50?,54?,55?,56-,57-,58?,59-,60-,61+;;;;/m1..../s1. The minimum atomic E-state index is -2.12. The van der Waals surface area contributed by atoms with E-state index in [1.165, 1.54) is 57.6 Å². The predicted octanol–water partition coefficient (Wildman–Crippen LogP) is 6.84. The highest BCUT2D eigenvalue weighted by molar-refractivity contribution is 8.76. The third-order valence-corrected chi connectivity index (χ3v) is 30.6. The first-order valence-electron chi connectivity index (χ1n) is 49.7. The number of hydrogen-bond donors (Lipinski definition) is 13. The van der Waals surface area contributed by atoms with E-state index < -0.39 is 119 Å². The number of ether oxygens (including phenoxy) is 12. The number of carbonyl (C=O) groups excluding carboxylic acids is 10. The van der Waals surface area contributed by atoms with E-state index in [0.29, 0.717) is 90.4 Å². The highest BCUT2D eigenvalue weighted by atomic mass is 33.1. The van der Waals surface area contributed by atoms with Gasteiger partial charge in [-0.25, -0.2) is 4.79 Å². The van der Waals surface area contributed by atoms with E-state index in [-0.39, 0.29) is 163 Å². The number of amides is 3. The second-order valence-electron chi connectivity index (χ2n) is 38.1. The first-order valence-corrected chi connectivity index (χ1v) is 52.3. The van der Waals surface area contributed by atoms with Crippen LogP contribution in [-0.2, 0) is 127 Å². The number of para-hydroxylation sites is 1. The highest BCUT2D eigenvalue weighted by Gasteiger charge is 2.80. The van der Waals surface area contributed by atoms with E-state index in [4.69, 9.17) is 92.0 Å². The fourth-order valence-electron chi connectivity index (χ4n) is 20.5. The molecule has 7 aliphatic rings. The van der Waals surface area contributed by atoms with E-state index in [2.05, 4.69) is 126 Å². The molecule has 2 bridgehead atoms. The molecule has 20 atom stereocenters. The van der Waals surface area contributed by atoms with E-state index in [1.54, 1.807) is 21.6 Å². The zero-order valence-corrected chi connectivity index (χ0v) is 87.5. The minimum Gasteiger partial charge on any atom is -0.481 e. The molecular formula is C101H161N7O32S2. The number of Topliss-reactive ketones (excluding diaryl/α,β-unsaturated/α-hetero) is 1. The second-order valence-corrected chi connectivity index (χ2v) is 41.2. The predicted molar refractivity (Wildman–Crippen MR) is 528 cm³/mol. The number of aromatic nitrogens is 1. The van der Waals surface area contributed by atoms with Crippen molar-refractivity contribution in [3.63, 3.8) is 0 Å². The van der Waals surface area contributed by atoms with Crippen molar-refractivity contribution in [3.05, 3.63) is 76.5 Å². The summed E-state index contributed by atoms with van der Waals surface area (Å²) in [6, 6.07) is 11.5. The van der Waals surface area contributed by atoms with Crippen LogP contribution in [0.3, 0.4) is 0 Å². The van der Waals surface area contributed by atoms with Crippen LogP contribution in [0, 0.1) is 24.2 Å². The van der Waals surface area contributed by atoms with Gasteiger partial charge in [-0.3, -0.25) is 48.2 Å². The first-order chi connectivity index (χ1) is 67.7. The number of fused-ring (bicyclic) bond motifs is 7. The van der Waals surface area contributed by atoms with Crippen LogP contribution in [0.2, 0.25) is 0 Å². The third kappa shape index (κ3) is 33.7. The molecule has 3 amide bonds. The molecule has 7 heterocycles. The summed E-state index contributed by atoms with van der Waals surface area (Å²) in [5.41, 5.74) is 3.11. The van der Waals surface area contributed by atoms with Crippen molar-refractivity contribution in [2.75, 3.05) is 151 Å². The minimum absolute atomic E-state index is 0.0106. The molecule has 6 aliphatic heterocycles. The Morgan fingerprint density at radius 2 is 1.18 bits per heavy atom. The van der Waals surface area contributed by atoms with Crippen molar-refractivity contribution in [3.8, 4) is 0 Å². The van der Waals surface area contributed by atoms with Gasteiger partial charge in [0, 0.05) is 155 Å². The molecule has 3 saturated heterocycles. The Morgan fingerprint density at radius 1 is 0.641 bits per heavy atom. The van der Waals surface area contributed by atoms with Crippen LogP contribution in [0.5, 0.6) is 0 Å². The summed E-state index contributed by atoms with van der Waals surface area (Å²) in [5, 5.41) is 101. The number of H-pyrrole nitrogens is 1. The van der Waals surface area contributed by atoms with Gasteiger partial charge in [-0.1, -0.05) is 99.5 Å². The lowest BCUT2D eigenvalue weighted by Gasteiger charge is -2.65. The molecular weight excluding hydrogens is 1890 g/mol. The Kier molecular flexibility index (Phi) is 52.4. The SMILES string of the molecule is CCC(CO)OC(CO)OC.CCC(CO)OC(COC(=O)CCC(=O)NCCCNC(=O)CCC(C)(C)SSC)OC.CCC(CO)OC(COC(=O)CCC(=O)O)OC.CCC(CO)OC(COC(=O)CCCC(=O)NC(C)C(=O)OCCCC1CN2c3cc(C)c([C@@]4(C)CC5CN(CCc6c4[nH]c4ccccc64)CC(O)(CC)C5)cc3[C@]34CCN5CC=C[C@](CC)(C53)[C@@H](O)[C@](O)(C1=O)C24)OC.O=C=O. The second kappa shape index (κ2) is 60.6. The average molecular weight is 2050 g/mol. The number of piperidine rings is 2. The fourth-order valence-corrected chi connectivity index (χ4v) is 22.7. The van der Waals surface area contributed by atoms with Crippen LogP contribution in [0.4, 0.5) is 5.69 Å². The fraction of sp³-hybridized carbons (Fsp3) is 0.743. The van der Waals surface area contributed by atoms with Gasteiger partial charge in [0.2, 0.25) is 17.7 Å². The average Bonchev–Trinajstić information content (AvgIpc) is 1.47. The number of aromatic amines is 1. The van der Waals surface area contributed by atoms with Crippen LogP contribution in [0.1, 0.15) is 232 Å². The number of rotatable bonds is 55. The summed E-state index contributed by atoms with van der Waals surface area (Å²) >= 11 is 0. The Balaban J connectivity index is 0.000000392. The summed E-state index contributed by atoms with van der Waals surface area (Å²) in [6.07, 6.45) is 9.57. The zero-order chi connectivity index (χ0) is 105. The lowest BCUT2D eigenvalue weighted by Crippen LogP contribution is -2.83. The van der Waals surface area contributed by atoms with Gasteiger partial charge in [0.25, 0.3) is 0 Å². The lowest BCUT2D eigenvalue weighted by molar-refractivity contribution is -0.209. The third-order valence-electron chi connectivity index (χ3n) is 27.9. The summed E-state index contributed by atoms with van der Waals surface area (Å²) in [6.45, 7) is 26.0. The summed E-state index contributed by atoms with van der Waals surface area (Å²) < 4.78 is 62.2. The van der Waals surface area contributed by atoms with Crippen LogP contribution in [0.15, 0.2) is 48.6 Å². The van der Waals surface area contributed by atoms with Gasteiger partial charge < -0.3 is 129 Å². The number of esters is 4. The Bertz CT molecular complexity index is 4480. The Morgan fingerprint density at radius 3 is 1.70 bits per heavy atom. The molecule has 39 nitrogen and oxygen atoms in total. The smallest absolute Gasteiger partial charge is 0.373 e. The van der Waals surface area contributed by atoms with Crippen LogP contribution < -0.4 is 20.9 Å². The first kappa shape index (κ1) is 123. The van der Waals surface area contributed by atoms with Gasteiger partial charge in [-0.15, -0.1) is 0 Å². The lowest BCUT2D eigenvalue weighted by atomic mass is 9.46. The number of nitrogens with zero attached hydrogens (tertiary/aromatic N) is 3. The maximum Gasteiger partial charge on any atom is 0.373 e. The van der Waals surface area contributed by atoms with Crippen molar-refractivity contribution >= 4 is 97.7 Å². The highest BCUT2D eigenvalue weighted by Crippen LogP contribution is 2.69. The maximum absolute atomic E-state index is 15.4. The Labute approximate surface area is 842 Å². The number of hydrogen-bond acceptors (Lipinski definition) is 36. The molecule has 10 rings (SSSR count). The molecule has 142 heavy (non-hydrogen) atoms. The van der Waals surface area contributed by atoms with E-state index >= 15 is 4.79 Å². The number of ketones is 1. The molecule has 41 heteroatoms. The monoisotopic (exact) mass is 2050 g/mol. The molecule has 15 unspecified atom stereocenters. The van der Waals surface area contributed by atoms with Crippen LogP contribution in [-0.4, -0.2) is 357 Å². The van der Waals surface area contributed by atoms with Crippen molar-refractivity contribution in [2.24, 2.45) is 17.3 Å². The van der Waals surface area contributed by atoms with Crippen LogP contribution >= 0.6 is 21.6 Å². The molecule has 1 spiro atoms. The van der Waals surface area contributed by atoms with Gasteiger partial charge in [0.15, 0.2) is 36.5 Å². The van der Waals surface area contributed by atoms with Crippen molar-refractivity contribution < 1.29 is 156 Å². The molecule has 804 valence electrons. The molecule has 1 aliphatic carbocycles. The number of methoxy groups -OCH3 is 4. The normalized spacial score (nSPS) is 24.7. The van der Waals surface area contributed by atoms with Crippen molar-refractivity contribution in [1.82, 2.24) is 30.7 Å². The molecule has 1 aromatic heterocycles. The Hall–Kier alpha value is -7.69. The summed E-state index contributed by atoms with van der Waals surface area (Å²) in [7, 11) is 9.13. The van der Waals surface area contributed by atoms with Gasteiger partial charge >= 0.3 is 36.0 Å². The van der Waals surface area contributed by atoms with E-state index in [1.807, 2.05) is 34.0 Å². The van der Waals surface area contributed by atoms with E-state index in [0.717, 1.165) is 80.6 Å². The number of aryl methyl sites for hydroxylation is 1. The molecule has 2 aromatic carbocycles. The van der Waals surface area contributed by atoms with Gasteiger partial charge in [0.05, 0.1) is 95.0 Å². The molecule has 13 N–H and O–H groups in total. The summed E-state index contributed by atoms with van der Waals surface area (Å²) in [4.78, 5) is 138. The molecule has 0 radical (unpaired) electrons. The number of aliphatic carboxylic acids is 1. The van der Waals surface area contributed by atoms with Crippen LogP contribution in [0.25, 0.3) is 10.9 Å². The van der Waals surface area contributed by atoms with Crippen molar-refractivity contribution in [1.29, 1.82) is 0 Å². The number of nitrogens with one attached hydrogen (secondary N) is 4. The summed E-state index contributed by atoms with van der Waals surface area (Å²) in [5.74, 6) is -4.89. The largest absolute Gasteiger partial charge is 0.481 e.